The van der Waals surface area contributed by atoms with E-state index in [0.717, 1.165) is 30.4 Å². The van der Waals surface area contributed by atoms with Crippen molar-refractivity contribution < 1.29 is 4.74 Å². The van der Waals surface area contributed by atoms with E-state index in [4.69, 9.17) is 16.3 Å². The van der Waals surface area contributed by atoms with Crippen molar-refractivity contribution in [2.45, 2.75) is 12.4 Å². The number of fused-ring (bicyclic) bond motifs is 1. The molecular formula is C14H14ClN3O. The Morgan fingerprint density at radius 2 is 2.05 bits per heavy atom. The molecule has 1 aliphatic heterocycles. The molecule has 0 aliphatic carbocycles. The third-order valence-electron chi connectivity index (χ3n) is 3.12. The molecule has 0 saturated carbocycles. The Balaban J connectivity index is 1.85. The maximum atomic E-state index is 5.73. The minimum atomic E-state index is 0.388. The van der Waals surface area contributed by atoms with Gasteiger partial charge in [-0.15, -0.1) is 16.7 Å². The number of ether oxygens (including phenoxy) is 1. The zero-order chi connectivity index (χ0) is 13.1. The van der Waals surface area contributed by atoms with Crippen LogP contribution in [0.3, 0.4) is 0 Å². The van der Waals surface area contributed by atoms with Crippen molar-refractivity contribution in [3.63, 3.8) is 0 Å². The molecule has 1 aliphatic rings. The Bertz CT molecular complexity index is 559. The zero-order valence-corrected chi connectivity index (χ0v) is 11.2. The number of anilines is 1. The summed E-state index contributed by atoms with van der Waals surface area (Å²) in [6.45, 7) is 2.23. The summed E-state index contributed by atoms with van der Waals surface area (Å²) in [5.41, 5.74) is 1.96. The average molecular weight is 276 g/mol. The monoisotopic (exact) mass is 275 g/mol. The molecule has 0 radical (unpaired) electrons. The molecule has 98 valence electrons. The standard InChI is InChI=1S/C14H14ClN3O/c15-9-12-5-6-14(17-16-12)18-7-8-19-13-4-2-1-3-11(13)10-18/h1-6H,7-10H2. The van der Waals surface area contributed by atoms with Crippen molar-refractivity contribution in [3.8, 4) is 5.75 Å². The van der Waals surface area contributed by atoms with Crippen LogP contribution in [0, 0.1) is 0 Å². The van der Waals surface area contributed by atoms with Gasteiger partial charge in [-0.3, -0.25) is 0 Å². The summed E-state index contributed by atoms with van der Waals surface area (Å²) in [6, 6.07) is 12.0. The Kier molecular flexibility index (Phi) is 3.51. The minimum absolute atomic E-state index is 0.388. The Morgan fingerprint density at radius 1 is 1.16 bits per heavy atom. The predicted octanol–water partition coefficient (Wildman–Crippen LogP) is 2.61. The van der Waals surface area contributed by atoms with E-state index in [2.05, 4.69) is 21.2 Å². The van der Waals surface area contributed by atoms with Gasteiger partial charge in [-0.1, -0.05) is 18.2 Å². The second-order valence-corrected chi connectivity index (χ2v) is 4.66. The summed E-state index contributed by atoms with van der Waals surface area (Å²) < 4.78 is 5.73. The highest BCUT2D eigenvalue weighted by molar-refractivity contribution is 6.16. The highest BCUT2D eigenvalue weighted by atomic mass is 35.5. The molecule has 0 bridgehead atoms. The zero-order valence-electron chi connectivity index (χ0n) is 10.4. The molecule has 19 heavy (non-hydrogen) atoms. The van der Waals surface area contributed by atoms with Crippen LogP contribution in [-0.2, 0) is 12.4 Å². The fourth-order valence-corrected chi connectivity index (χ4v) is 2.26. The number of aromatic nitrogens is 2. The summed E-state index contributed by atoms with van der Waals surface area (Å²) >= 11 is 5.72. The molecule has 2 aromatic rings. The molecular weight excluding hydrogens is 262 g/mol. The number of halogens is 1. The lowest BCUT2D eigenvalue weighted by Crippen LogP contribution is -2.26. The van der Waals surface area contributed by atoms with E-state index in [0.29, 0.717) is 12.5 Å². The molecule has 0 unspecified atom stereocenters. The first-order chi connectivity index (χ1) is 9.36. The third-order valence-corrected chi connectivity index (χ3v) is 3.39. The van der Waals surface area contributed by atoms with Gasteiger partial charge < -0.3 is 9.64 Å². The van der Waals surface area contributed by atoms with Gasteiger partial charge in [0, 0.05) is 12.1 Å². The first kappa shape index (κ1) is 12.2. The van der Waals surface area contributed by atoms with Crippen molar-refractivity contribution in [3.05, 3.63) is 47.7 Å². The van der Waals surface area contributed by atoms with Gasteiger partial charge in [0.1, 0.15) is 12.4 Å². The fourth-order valence-electron chi connectivity index (χ4n) is 2.11. The summed E-state index contributed by atoms with van der Waals surface area (Å²) in [4.78, 5) is 2.16. The quantitative estimate of drug-likeness (QED) is 0.790. The summed E-state index contributed by atoms with van der Waals surface area (Å²) in [5.74, 6) is 2.20. The van der Waals surface area contributed by atoms with E-state index in [1.807, 2.05) is 30.3 Å². The van der Waals surface area contributed by atoms with Gasteiger partial charge in [-0.25, -0.2) is 0 Å². The van der Waals surface area contributed by atoms with E-state index < -0.39 is 0 Å². The number of benzene rings is 1. The van der Waals surface area contributed by atoms with E-state index in [-0.39, 0.29) is 0 Å². The fraction of sp³-hybridized carbons (Fsp3) is 0.286. The molecule has 1 aromatic carbocycles. The van der Waals surface area contributed by atoms with E-state index in [9.17, 15) is 0 Å². The van der Waals surface area contributed by atoms with Gasteiger partial charge >= 0.3 is 0 Å². The van der Waals surface area contributed by atoms with Crippen LogP contribution in [-0.4, -0.2) is 23.3 Å². The lowest BCUT2D eigenvalue weighted by atomic mass is 10.2. The molecule has 0 fully saturated rings. The number of alkyl halides is 1. The number of hydrogen-bond donors (Lipinski definition) is 0. The van der Waals surface area contributed by atoms with Gasteiger partial charge in [0.05, 0.1) is 18.1 Å². The molecule has 0 spiro atoms. The van der Waals surface area contributed by atoms with E-state index in [1.165, 1.54) is 5.56 Å². The number of hydrogen-bond acceptors (Lipinski definition) is 4. The largest absolute Gasteiger partial charge is 0.491 e. The van der Waals surface area contributed by atoms with Gasteiger partial charge in [-0.2, -0.15) is 5.10 Å². The van der Waals surface area contributed by atoms with E-state index in [1.54, 1.807) is 0 Å². The molecule has 3 rings (SSSR count). The van der Waals surface area contributed by atoms with Crippen molar-refractivity contribution in [2.24, 2.45) is 0 Å². The molecule has 0 saturated heterocycles. The van der Waals surface area contributed by atoms with Crippen molar-refractivity contribution in [1.82, 2.24) is 10.2 Å². The predicted molar refractivity (Wildman–Crippen MR) is 74.6 cm³/mol. The molecule has 0 atom stereocenters. The van der Waals surface area contributed by atoms with Crippen LogP contribution in [0.25, 0.3) is 0 Å². The first-order valence-corrected chi connectivity index (χ1v) is 6.74. The normalized spacial score (nSPS) is 14.5. The highest BCUT2D eigenvalue weighted by Crippen LogP contribution is 2.24. The van der Waals surface area contributed by atoms with Crippen molar-refractivity contribution >= 4 is 17.4 Å². The molecule has 4 nitrogen and oxygen atoms in total. The first-order valence-electron chi connectivity index (χ1n) is 6.21. The second-order valence-electron chi connectivity index (χ2n) is 4.39. The molecule has 1 aromatic heterocycles. The highest BCUT2D eigenvalue weighted by Gasteiger charge is 2.16. The summed E-state index contributed by atoms with van der Waals surface area (Å²) in [5, 5.41) is 8.32. The molecule has 5 heteroatoms. The summed E-state index contributed by atoms with van der Waals surface area (Å²) in [7, 11) is 0. The van der Waals surface area contributed by atoms with Gasteiger partial charge in [-0.05, 0) is 18.2 Å². The van der Waals surface area contributed by atoms with Crippen LogP contribution >= 0.6 is 11.6 Å². The van der Waals surface area contributed by atoms with Crippen LogP contribution in [0.4, 0.5) is 5.82 Å². The number of para-hydroxylation sites is 1. The average Bonchev–Trinajstić information content (AvgIpc) is 2.69. The molecule has 2 heterocycles. The SMILES string of the molecule is ClCc1ccc(N2CCOc3ccccc3C2)nn1. The lowest BCUT2D eigenvalue weighted by Gasteiger charge is -2.20. The maximum Gasteiger partial charge on any atom is 0.151 e. The van der Waals surface area contributed by atoms with Crippen LogP contribution in [0.2, 0.25) is 0 Å². The van der Waals surface area contributed by atoms with Gasteiger partial charge in [0.2, 0.25) is 0 Å². The smallest absolute Gasteiger partial charge is 0.151 e. The Hall–Kier alpha value is -1.81. The Morgan fingerprint density at radius 3 is 2.84 bits per heavy atom. The Labute approximate surface area is 117 Å². The third kappa shape index (κ3) is 2.63. The van der Waals surface area contributed by atoms with E-state index >= 15 is 0 Å². The van der Waals surface area contributed by atoms with Crippen LogP contribution in [0.15, 0.2) is 36.4 Å². The lowest BCUT2D eigenvalue weighted by molar-refractivity contribution is 0.331. The number of rotatable bonds is 2. The summed E-state index contributed by atoms with van der Waals surface area (Å²) in [6.07, 6.45) is 0. The van der Waals surface area contributed by atoms with Crippen molar-refractivity contribution in [1.29, 1.82) is 0 Å². The van der Waals surface area contributed by atoms with Gasteiger partial charge in [0.25, 0.3) is 0 Å². The maximum absolute atomic E-state index is 5.73. The topological polar surface area (TPSA) is 38.2 Å². The molecule has 0 amide bonds. The van der Waals surface area contributed by atoms with Crippen LogP contribution < -0.4 is 9.64 Å². The van der Waals surface area contributed by atoms with Crippen molar-refractivity contribution in [2.75, 3.05) is 18.1 Å². The second kappa shape index (κ2) is 5.45. The van der Waals surface area contributed by atoms with Crippen LogP contribution in [0.1, 0.15) is 11.3 Å². The van der Waals surface area contributed by atoms with Crippen LogP contribution in [0.5, 0.6) is 5.75 Å². The van der Waals surface area contributed by atoms with Gasteiger partial charge in [0.15, 0.2) is 5.82 Å². The minimum Gasteiger partial charge on any atom is -0.491 e. The number of nitrogens with zero attached hydrogens (tertiary/aromatic N) is 3. The molecule has 0 N–H and O–H groups in total.